The van der Waals surface area contributed by atoms with Crippen LogP contribution in [0.5, 0.6) is 0 Å². The van der Waals surface area contributed by atoms with Gasteiger partial charge in [0.05, 0.1) is 0 Å². The van der Waals surface area contributed by atoms with Crippen LogP contribution in [0.25, 0.3) is 39.0 Å². The van der Waals surface area contributed by atoms with Crippen LogP contribution < -0.4 is 4.90 Å². The van der Waals surface area contributed by atoms with Crippen molar-refractivity contribution in [2.45, 2.75) is 149 Å². The summed E-state index contributed by atoms with van der Waals surface area (Å²) in [6, 6.07) is 46.7. The summed E-state index contributed by atoms with van der Waals surface area (Å²) in [6.07, 6.45) is 12.7. The predicted molar refractivity (Wildman–Crippen MR) is 314 cm³/mol. The van der Waals surface area contributed by atoms with Crippen molar-refractivity contribution in [1.29, 1.82) is 0 Å². The van der Waals surface area contributed by atoms with Gasteiger partial charge in [-0.2, -0.15) is 0 Å². The van der Waals surface area contributed by atoms with Gasteiger partial charge in [-0.3, -0.25) is 0 Å². The van der Waals surface area contributed by atoms with E-state index in [1.165, 1.54) is 83.5 Å². The van der Waals surface area contributed by atoms with Gasteiger partial charge in [0, 0.05) is 27.9 Å². The lowest BCUT2D eigenvalue weighted by Crippen LogP contribution is -2.18. The van der Waals surface area contributed by atoms with E-state index in [9.17, 15) is 0 Å². The summed E-state index contributed by atoms with van der Waals surface area (Å²) in [6.45, 7) is 46.5. The minimum absolute atomic E-state index is 0.0912. The van der Waals surface area contributed by atoms with E-state index in [1.807, 2.05) is 93.5 Å². The Bertz CT molecular complexity index is 2640. The van der Waals surface area contributed by atoms with Crippen LogP contribution in [0.4, 0.5) is 11.4 Å². The molecule has 0 bridgehead atoms. The molecule has 0 fully saturated rings. The molecule has 0 aromatic heterocycles. The van der Waals surface area contributed by atoms with Gasteiger partial charge in [0.15, 0.2) is 0 Å². The van der Waals surface area contributed by atoms with Crippen LogP contribution in [-0.4, -0.2) is 0 Å². The molecule has 0 aliphatic heterocycles. The summed E-state index contributed by atoms with van der Waals surface area (Å²) < 4.78 is 0. The Balaban J connectivity index is 0.000000840. The molecule has 6 aromatic rings. The monoisotopic (exact) mass is 920 g/mol. The van der Waals surface area contributed by atoms with E-state index in [0.29, 0.717) is 0 Å². The van der Waals surface area contributed by atoms with E-state index < -0.39 is 0 Å². The normalized spacial score (nSPS) is 13.1. The van der Waals surface area contributed by atoms with Gasteiger partial charge in [-0.25, -0.2) is 0 Å². The number of rotatable bonds is 8. The first-order valence-electron chi connectivity index (χ1n) is 26.1. The van der Waals surface area contributed by atoms with Gasteiger partial charge >= 0.3 is 0 Å². The number of hydrogen-bond donors (Lipinski definition) is 0. The number of allylic oxidation sites excluding steroid dienone is 8. The molecular weight excluding hydrogens is 831 g/mol. The molecule has 69 heavy (non-hydrogen) atoms. The number of aryl methyl sites for hydroxylation is 2. The van der Waals surface area contributed by atoms with E-state index in [4.69, 9.17) is 0 Å². The molecular formula is C68H89N. The van der Waals surface area contributed by atoms with Crippen LogP contribution in [0.2, 0.25) is 0 Å². The second kappa shape index (κ2) is 28.3. The minimum Gasteiger partial charge on any atom is -0.311 e. The molecule has 1 nitrogen and oxygen atoms in total. The Morgan fingerprint density at radius 3 is 1.55 bits per heavy atom. The van der Waals surface area contributed by atoms with Gasteiger partial charge in [-0.15, -0.1) is 0 Å². The fourth-order valence-corrected chi connectivity index (χ4v) is 9.29. The third-order valence-corrected chi connectivity index (χ3v) is 12.5. The Hall–Kier alpha value is -6.18. The SMILES string of the molecule is C=C/C=C(\C(C)=C/C)c1cc2c(cc1C)C(C)(C)c1ccc3c(c1-2)C(C)(C)c1cc(-c2ccc(N(C(/C=C\C)=C/C)c4ccccc4)cc2)ccc1-3.CC.CC.CC.CC.CC.Cc1ccccc1. The van der Waals surface area contributed by atoms with Gasteiger partial charge in [0.25, 0.3) is 0 Å². The Morgan fingerprint density at radius 2 is 1.04 bits per heavy atom. The van der Waals surface area contributed by atoms with E-state index in [1.54, 1.807) is 0 Å². The third kappa shape index (κ3) is 12.7. The third-order valence-electron chi connectivity index (χ3n) is 12.5. The quantitative estimate of drug-likeness (QED) is 0.138. The smallest absolute Gasteiger partial charge is 0.0461 e. The van der Waals surface area contributed by atoms with Crippen molar-refractivity contribution in [1.82, 2.24) is 0 Å². The van der Waals surface area contributed by atoms with Crippen molar-refractivity contribution < 1.29 is 0 Å². The largest absolute Gasteiger partial charge is 0.311 e. The summed E-state index contributed by atoms with van der Waals surface area (Å²) in [5, 5.41) is 0. The molecule has 0 N–H and O–H groups in total. The maximum Gasteiger partial charge on any atom is 0.0461 e. The summed E-state index contributed by atoms with van der Waals surface area (Å²) in [7, 11) is 0. The number of hydrogen-bond acceptors (Lipinski definition) is 1. The zero-order valence-electron chi connectivity index (χ0n) is 46.7. The van der Waals surface area contributed by atoms with Crippen molar-refractivity contribution in [3.63, 3.8) is 0 Å². The molecule has 8 rings (SSSR count). The number of anilines is 2. The van der Waals surface area contributed by atoms with Gasteiger partial charge in [-0.1, -0.05) is 230 Å². The number of para-hydroxylation sites is 1. The lowest BCUT2D eigenvalue weighted by atomic mass is 9.77. The van der Waals surface area contributed by atoms with Crippen LogP contribution in [-0.2, 0) is 10.8 Å². The molecule has 0 amide bonds. The summed E-state index contributed by atoms with van der Waals surface area (Å²) in [5.41, 5.74) is 23.2. The van der Waals surface area contributed by atoms with Gasteiger partial charge < -0.3 is 4.90 Å². The first-order chi connectivity index (χ1) is 33.4. The van der Waals surface area contributed by atoms with Crippen LogP contribution in [0.15, 0.2) is 182 Å². The number of fused-ring (bicyclic) bond motifs is 7. The highest BCUT2D eigenvalue weighted by Crippen LogP contribution is 2.60. The minimum atomic E-state index is -0.175. The second-order valence-corrected chi connectivity index (χ2v) is 17.0. The lowest BCUT2D eigenvalue weighted by Gasteiger charge is -2.27. The first-order valence-corrected chi connectivity index (χ1v) is 26.1. The molecule has 0 saturated heterocycles. The molecule has 0 atom stereocenters. The number of benzene rings is 6. The van der Waals surface area contributed by atoms with Gasteiger partial charge in [-0.05, 0) is 162 Å². The van der Waals surface area contributed by atoms with Crippen LogP contribution in [0, 0.1) is 13.8 Å². The standard InChI is InChI=1S/C51H51N.C7H8.5C2H6/c1-11-18-37(14-4)52(38-20-16-15-17-21-38)39-25-22-35(23-26-39)36-24-27-41-42-28-29-45-48(49(42)51(9,10)47(41)31-36)44-32-43(40(19-12-2)33(5)13-3)34(6)30-46(44)50(45,7)8;1-7-5-3-2-4-6-7;5*1-2/h11-32H,2H2,1,3-10H3;2-6H,1H3;5*1-2H3/b18-11-,33-13-,37-14+,40-19+;;;;;;. The fourth-order valence-electron chi connectivity index (χ4n) is 9.29. The Morgan fingerprint density at radius 1 is 0.522 bits per heavy atom. The molecule has 6 aromatic carbocycles. The molecule has 0 spiro atoms. The van der Waals surface area contributed by atoms with E-state index in [0.717, 1.165) is 17.1 Å². The maximum atomic E-state index is 4.05. The highest BCUT2D eigenvalue weighted by atomic mass is 15.1. The van der Waals surface area contributed by atoms with E-state index >= 15 is 0 Å². The molecule has 0 unspecified atom stereocenters. The van der Waals surface area contributed by atoms with E-state index in [2.05, 4.69) is 220 Å². The highest BCUT2D eigenvalue weighted by molar-refractivity contribution is 5.96. The Kier molecular flexibility index (Phi) is 24.2. The maximum absolute atomic E-state index is 4.05. The fraction of sp³-hybridized carbons (Fsp3) is 0.324. The molecule has 2 aliphatic carbocycles. The van der Waals surface area contributed by atoms with Crippen LogP contribution >= 0.6 is 0 Å². The summed E-state index contributed by atoms with van der Waals surface area (Å²) in [4.78, 5) is 2.31. The van der Waals surface area contributed by atoms with Crippen molar-refractivity contribution >= 4 is 16.9 Å². The van der Waals surface area contributed by atoms with Crippen molar-refractivity contribution in [2.75, 3.05) is 4.90 Å². The molecule has 0 radical (unpaired) electrons. The van der Waals surface area contributed by atoms with Crippen LogP contribution in [0.1, 0.15) is 164 Å². The second-order valence-electron chi connectivity index (χ2n) is 17.0. The zero-order chi connectivity index (χ0) is 52.1. The summed E-state index contributed by atoms with van der Waals surface area (Å²) >= 11 is 0. The Labute approximate surface area is 423 Å². The topological polar surface area (TPSA) is 3.24 Å². The van der Waals surface area contributed by atoms with E-state index in [-0.39, 0.29) is 10.8 Å². The molecule has 1 heteroatoms. The predicted octanol–water partition coefficient (Wildman–Crippen LogP) is 21.6. The summed E-state index contributed by atoms with van der Waals surface area (Å²) in [5.74, 6) is 0. The molecule has 366 valence electrons. The average Bonchev–Trinajstić information content (AvgIpc) is 3.77. The first kappa shape index (κ1) is 58.9. The average molecular weight is 920 g/mol. The van der Waals surface area contributed by atoms with Gasteiger partial charge in [0.2, 0.25) is 0 Å². The molecule has 0 saturated carbocycles. The zero-order valence-corrected chi connectivity index (χ0v) is 46.7. The van der Waals surface area contributed by atoms with Crippen molar-refractivity contribution in [2.24, 2.45) is 0 Å². The molecule has 0 heterocycles. The lowest BCUT2D eigenvalue weighted by molar-refractivity contribution is 0.647. The molecule has 2 aliphatic rings. The highest BCUT2D eigenvalue weighted by Gasteiger charge is 2.45. The van der Waals surface area contributed by atoms with Crippen LogP contribution in [0.3, 0.4) is 0 Å². The van der Waals surface area contributed by atoms with Gasteiger partial charge in [0.1, 0.15) is 0 Å². The number of nitrogens with zero attached hydrogens (tertiary/aromatic N) is 1. The van der Waals surface area contributed by atoms with Crippen molar-refractivity contribution in [3.05, 3.63) is 221 Å². The van der Waals surface area contributed by atoms with Crippen molar-refractivity contribution in [3.8, 4) is 33.4 Å².